The Bertz CT molecular complexity index is 1040. The van der Waals surface area contributed by atoms with Gasteiger partial charge in [0.2, 0.25) is 0 Å². The molecule has 0 saturated carbocycles. The normalized spacial score (nSPS) is 18.0. The van der Waals surface area contributed by atoms with Crippen molar-refractivity contribution in [2.75, 3.05) is 0 Å². The van der Waals surface area contributed by atoms with Gasteiger partial charge in [-0.3, -0.25) is 4.98 Å². The highest BCUT2D eigenvalue weighted by atomic mass is 28.2. The third kappa shape index (κ3) is 4.78. The lowest BCUT2D eigenvalue weighted by Gasteiger charge is -2.37. The largest absolute Gasteiger partial charge is 0.496 e. The lowest BCUT2D eigenvalue weighted by Crippen LogP contribution is -2.41. The summed E-state index contributed by atoms with van der Waals surface area (Å²) >= 11 is 0. The maximum absolute atomic E-state index is 7.00. The first kappa shape index (κ1) is 24.9. The second-order valence-electron chi connectivity index (χ2n) is 11.3. The maximum Gasteiger partial charge on any atom is 0.496 e. The lowest BCUT2D eigenvalue weighted by molar-refractivity contribution is 0.00578. The predicted molar refractivity (Wildman–Crippen MR) is 142 cm³/mol. The van der Waals surface area contributed by atoms with Crippen LogP contribution in [-0.4, -0.2) is 33.1 Å². The minimum atomic E-state index is -0.929. The Morgan fingerprint density at radius 1 is 0.765 bits per heavy atom. The minimum Gasteiger partial charge on any atom is -0.405 e. The Hall–Kier alpha value is -2.25. The number of benzene rings is 2. The van der Waals surface area contributed by atoms with Crippen molar-refractivity contribution < 1.29 is 13.7 Å². The van der Waals surface area contributed by atoms with Gasteiger partial charge in [-0.2, -0.15) is 0 Å². The smallest absolute Gasteiger partial charge is 0.405 e. The van der Waals surface area contributed by atoms with Gasteiger partial charge < -0.3 is 13.7 Å². The molecule has 0 amide bonds. The van der Waals surface area contributed by atoms with Crippen LogP contribution >= 0.6 is 0 Å². The fourth-order valence-electron chi connectivity index (χ4n) is 4.11. The van der Waals surface area contributed by atoms with Crippen molar-refractivity contribution in [3.63, 3.8) is 0 Å². The van der Waals surface area contributed by atoms with E-state index < -0.39 is 33.7 Å². The van der Waals surface area contributed by atoms with Gasteiger partial charge in [-0.05, 0) is 49.9 Å². The van der Waals surface area contributed by atoms with E-state index in [4.69, 9.17) is 18.7 Å². The Morgan fingerprint density at radius 2 is 1.26 bits per heavy atom. The molecule has 1 saturated heterocycles. The molecule has 0 spiro atoms. The first-order valence-electron chi connectivity index (χ1n) is 12.0. The zero-order valence-electron chi connectivity index (χ0n) is 21.5. The van der Waals surface area contributed by atoms with Gasteiger partial charge in [0, 0.05) is 11.7 Å². The summed E-state index contributed by atoms with van der Waals surface area (Å²) in [6.07, 6.45) is 1.88. The molecular weight excluding hydrogens is 437 g/mol. The average molecular weight is 473 g/mol. The predicted octanol–water partition coefficient (Wildman–Crippen LogP) is 4.99. The molecule has 4 rings (SSSR count). The summed E-state index contributed by atoms with van der Waals surface area (Å²) < 4.78 is 19.5. The van der Waals surface area contributed by atoms with Gasteiger partial charge in [0.05, 0.1) is 16.9 Å². The first-order chi connectivity index (χ1) is 15.9. The van der Waals surface area contributed by atoms with E-state index in [1.807, 2.05) is 18.3 Å². The molecule has 3 aromatic rings. The van der Waals surface area contributed by atoms with Crippen molar-refractivity contribution in [1.29, 1.82) is 0 Å². The number of aromatic nitrogens is 1. The van der Waals surface area contributed by atoms with Crippen LogP contribution < -0.4 is 5.46 Å². The van der Waals surface area contributed by atoms with Gasteiger partial charge in [-0.15, -0.1) is 0 Å². The van der Waals surface area contributed by atoms with Gasteiger partial charge in [0.1, 0.15) is 5.60 Å². The van der Waals surface area contributed by atoms with Crippen LogP contribution in [0.4, 0.5) is 0 Å². The van der Waals surface area contributed by atoms with Crippen LogP contribution in [0.1, 0.15) is 65.3 Å². The molecule has 34 heavy (non-hydrogen) atoms. The molecule has 1 aliphatic rings. The molecule has 4 nitrogen and oxygen atoms in total. The van der Waals surface area contributed by atoms with E-state index in [1.54, 1.807) is 0 Å². The van der Waals surface area contributed by atoms with E-state index in [2.05, 4.69) is 109 Å². The highest BCUT2D eigenvalue weighted by Crippen LogP contribution is 2.41. The number of hydrogen-bond donors (Lipinski definition) is 0. The number of rotatable bonds is 6. The number of nitrogens with zero attached hydrogens (tertiary/aromatic N) is 1. The van der Waals surface area contributed by atoms with Gasteiger partial charge in [-0.1, -0.05) is 87.5 Å². The van der Waals surface area contributed by atoms with Crippen molar-refractivity contribution in [3.05, 3.63) is 95.8 Å². The van der Waals surface area contributed by atoms with Crippen LogP contribution in [0, 0.1) is 0 Å². The lowest BCUT2D eigenvalue weighted by atomic mass is 9.78. The maximum atomic E-state index is 7.00. The Morgan fingerprint density at radius 3 is 1.68 bits per heavy atom. The summed E-state index contributed by atoms with van der Waals surface area (Å²) in [4.78, 5) is 4.98. The van der Waals surface area contributed by atoms with Crippen molar-refractivity contribution in [3.8, 4) is 0 Å². The molecule has 0 bridgehead atoms. The SMILES string of the molecule is CC(C)(C)[SiH2]OC(c1ccccc1)(c1ccccc1)c1ccc(B2OC(C)(C)C(C)(C)O2)cn1. The first-order valence-corrected chi connectivity index (χ1v) is 13.3. The highest BCUT2D eigenvalue weighted by Gasteiger charge is 2.52. The third-order valence-electron chi connectivity index (χ3n) is 6.75. The van der Waals surface area contributed by atoms with Crippen LogP contribution in [-0.2, 0) is 19.3 Å². The van der Waals surface area contributed by atoms with Crippen molar-refractivity contribution >= 4 is 22.3 Å². The second kappa shape index (κ2) is 9.08. The molecule has 2 heterocycles. The van der Waals surface area contributed by atoms with Gasteiger partial charge in [-0.25, -0.2) is 0 Å². The van der Waals surface area contributed by atoms with Gasteiger partial charge in [0.15, 0.2) is 9.76 Å². The van der Waals surface area contributed by atoms with E-state index in [9.17, 15) is 0 Å². The number of pyridine rings is 1. The van der Waals surface area contributed by atoms with E-state index in [0.717, 1.165) is 22.3 Å². The molecule has 1 aromatic heterocycles. The quantitative estimate of drug-likeness (QED) is 0.473. The topological polar surface area (TPSA) is 40.6 Å². The molecular formula is C28H36BNO3Si. The molecule has 6 heteroatoms. The summed E-state index contributed by atoms with van der Waals surface area (Å²) in [5.41, 5.74) is 2.36. The van der Waals surface area contributed by atoms with E-state index in [1.165, 1.54) is 0 Å². The Balaban J connectivity index is 1.81. The standard InChI is InChI=1S/C28H36BNO3Si/c1-25(2,3)34-33-28(21-14-10-8-11-15-21,22-16-12-9-13-17-22)24-19-18-23(20-30-24)29-31-26(4,5)27(6,7)32-29/h8-20H,34H2,1-7H3. The summed E-state index contributed by atoms with van der Waals surface area (Å²) in [6, 6.07) is 25.0. The highest BCUT2D eigenvalue weighted by molar-refractivity contribution is 6.62. The number of hydrogen-bond acceptors (Lipinski definition) is 4. The fourth-order valence-corrected chi connectivity index (χ4v) is 5.24. The van der Waals surface area contributed by atoms with Gasteiger partial charge in [0.25, 0.3) is 0 Å². The van der Waals surface area contributed by atoms with E-state index in [-0.39, 0.29) is 5.04 Å². The van der Waals surface area contributed by atoms with Crippen LogP contribution in [0.3, 0.4) is 0 Å². The van der Waals surface area contributed by atoms with Crippen molar-refractivity contribution in [2.24, 2.45) is 0 Å². The molecule has 0 radical (unpaired) electrons. The van der Waals surface area contributed by atoms with Crippen molar-refractivity contribution in [2.45, 2.75) is 70.3 Å². The fraction of sp³-hybridized carbons (Fsp3) is 0.393. The zero-order valence-corrected chi connectivity index (χ0v) is 22.9. The molecule has 1 fully saturated rings. The summed E-state index contributed by atoms with van der Waals surface area (Å²) in [5, 5.41) is 0.122. The molecule has 1 aliphatic heterocycles. The third-order valence-corrected chi connectivity index (χ3v) is 8.20. The summed E-state index contributed by atoms with van der Waals surface area (Å²) in [5.74, 6) is 0. The van der Waals surface area contributed by atoms with Crippen LogP contribution in [0.15, 0.2) is 79.0 Å². The molecule has 0 atom stereocenters. The molecule has 2 aromatic carbocycles. The molecule has 0 aliphatic carbocycles. The molecule has 0 unspecified atom stereocenters. The van der Waals surface area contributed by atoms with Crippen LogP contribution in [0.5, 0.6) is 0 Å². The second-order valence-corrected chi connectivity index (χ2v) is 14.0. The molecule has 0 N–H and O–H groups in total. The van der Waals surface area contributed by atoms with Crippen molar-refractivity contribution in [1.82, 2.24) is 4.98 Å². The minimum absolute atomic E-state index is 0.122. The van der Waals surface area contributed by atoms with Crippen LogP contribution in [0.25, 0.3) is 0 Å². The Labute approximate surface area is 207 Å². The zero-order chi connectivity index (χ0) is 24.6. The van der Waals surface area contributed by atoms with Crippen LogP contribution in [0.2, 0.25) is 5.04 Å². The van der Waals surface area contributed by atoms with E-state index >= 15 is 0 Å². The monoisotopic (exact) mass is 473 g/mol. The van der Waals surface area contributed by atoms with E-state index in [0.29, 0.717) is 0 Å². The average Bonchev–Trinajstić information content (AvgIpc) is 3.02. The van der Waals surface area contributed by atoms with Gasteiger partial charge >= 0.3 is 7.12 Å². The summed E-state index contributed by atoms with van der Waals surface area (Å²) in [7, 11) is -1.37. The molecule has 178 valence electrons. The Kier molecular flexibility index (Phi) is 6.64. The summed E-state index contributed by atoms with van der Waals surface area (Å²) in [6.45, 7) is 15.0.